The normalized spacial score (nSPS) is 13.5. The molecule has 0 aliphatic heterocycles. The SMILES string of the molecule is COC(=O)CCCCOC(=O)OCN(C(=O)c1cc(-c2cn[nH]c2)ccc1Cl)C1(C#N)CC1. The molecule has 10 nitrogen and oxygen atoms in total. The maximum absolute atomic E-state index is 13.3. The topological polar surface area (TPSA) is 135 Å². The summed E-state index contributed by atoms with van der Waals surface area (Å²) in [5, 5.41) is 16.4. The Balaban J connectivity index is 1.64. The smallest absolute Gasteiger partial charge is 0.469 e. The fourth-order valence-electron chi connectivity index (χ4n) is 3.15. The first-order valence-electron chi connectivity index (χ1n) is 10.3. The number of esters is 1. The highest BCUT2D eigenvalue weighted by Crippen LogP contribution is 2.42. The van der Waals surface area contributed by atoms with E-state index in [9.17, 15) is 19.6 Å². The van der Waals surface area contributed by atoms with Gasteiger partial charge in [0.05, 0.1) is 36.6 Å². The molecule has 174 valence electrons. The van der Waals surface area contributed by atoms with Gasteiger partial charge in [0.25, 0.3) is 5.91 Å². The second-order valence-corrected chi connectivity index (χ2v) is 7.87. The maximum atomic E-state index is 13.3. The minimum Gasteiger partial charge on any atom is -0.469 e. The number of H-pyrrole nitrogens is 1. The van der Waals surface area contributed by atoms with Gasteiger partial charge in [-0.15, -0.1) is 0 Å². The summed E-state index contributed by atoms with van der Waals surface area (Å²) in [5.74, 6) is -0.872. The number of benzene rings is 1. The van der Waals surface area contributed by atoms with Gasteiger partial charge in [-0.25, -0.2) is 4.79 Å². The molecule has 1 heterocycles. The quantitative estimate of drug-likeness (QED) is 0.313. The number of nitriles is 1. The van der Waals surface area contributed by atoms with Crippen molar-refractivity contribution >= 4 is 29.6 Å². The molecular weight excluding hydrogens is 452 g/mol. The van der Waals surface area contributed by atoms with E-state index >= 15 is 0 Å². The van der Waals surface area contributed by atoms with E-state index in [1.165, 1.54) is 12.0 Å². The molecule has 11 heteroatoms. The molecule has 33 heavy (non-hydrogen) atoms. The van der Waals surface area contributed by atoms with Crippen LogP contribution < -0.4 is 0 Å². The average molecular weight is 475 g/mol. The lowest BCUT2D eigenvalue weighted by atomic mass is 10.0. The number of aromatic nitrogens is 2. The van der Waals surface area contributed by atoms with Gasteiger partial charge in [-0.3, -0.25) is 19.6 Å². The standard InChI is InChI=1S/C22H23ClN4O6/c1-31-19(28)4-2-3-9-32-21(30)33-14-27(22(13-24)7-8-22)20(29)17-10-15(5-6-18(17)23)16-11-25-26-12-16/h5-6,10-12H,2-4,7-9,14H2,1H3,(H,25,26). The summed E-state index contributed by atoms with van der Waals surface area (Å²) < 4.78 is 14.6. The molecule has 1 fully saturated rings. The number of ether oxygens (including phenoxy) is 3. The van der Waals surface area contributed by atoms with Gasteiger partial charge in [-0.1, -0.05) is 17.7 Å². The number of nitrogens with one attached hydrogen (secondary N) is 1. The van der Waals surface area contributed by atoms with Crippen molar-refractivity contribution < 1.29 is 28.6 Å². The summed E-state index contributed by atoms with van der Waals surface area (Å²) in [6.07, 6.45) is 4.40. The number of rotatable bonds is 10. The van der Waals surface area contributed by atoms with E-state index in [4.69, 9.17) is 21.1 Å². The number of unbranched alkanes of at least 4 members (excludes halogenated alkanes) is 1. The van der Waals surface area contributed by atoms with Crippen LogP contribution in [0.5, 0.6) is 0 Å². The van der Waals surface area contributed by atoms with Gasteiger partial charge in [-0.2, -0.15) is 10.4 Å². The van der Waals surface area contributed by atoms with Crippen LogP contribution in [-0.2, 0) is 19.0 Å². The minimum absolute atomic E-state index is 0.0474. The van der Waals surface area contributed by atoms with Crippen molar-refractivity contribution in [1.29, 1.82) is 5.26 Å². The summed E-state index contributed by atoms with van der Waals surface area (Å²) in [4.78, 5) is 37.6. The van der Waals surface area contributed by atoms with E-state index in [1.807, 2.05) is 0 Å². The third-order valence-corrected chi connectivity index (χ3v) is 5.59. The van der Waals surface area contributed by atoms with Crippen LogP contribution in [0.2, 0.25) is 5.02 Å². The second-order valence-electron chi connectivity index (χ2n) is 7.46. The molecule has 0 saturated heterocycles. The molecule has 1 aromatic heterocycles. The number of carbonyl (C=O) groups excluding carboxylic acids is 3. The number of amides is 1. The first kappa shape index (κ1) is 24.1. The molecule has 1 aliphatic carbocycles. The molecule has 1 saturated carbocycles. The number of nitrogens with zero attached hydrogens (tertiary/aromatic N) is 3. The zero-order valence-electron chi connectivity index (χ0n) is 18.0. The fraction of sp³-hybridized carbons (Fsp3) is 0.409. The van der Waals surface area contributed by atoms with Crippen molar-refractivity contribution in [2.75, 3.05) is 20.4 Å². The fourth-order valence-corrected chi connectivity index (χ4v) is 3.35. The van der Waals surface area contributed by atoms with Gasteiger partial charge < -0.3 is 14.2 Å². The van der Waals surface area contributed by atoms with Crippen molar-refractivity contribution in [3.8, 4) is 17.2 Å². The number of aromatic amines is 1. The Morgan fingerprint density at radius 1 is 1.24 bits per heavy atom. The number of methoxy groups -OCH3 is 1. The van der Waals surface area contributed by atoms with Crippen LogP contribution in [0.4, 0.5) is 4.79 Å². The molecule has 0 radical (unpaired) electrons. The highest BCUT2D eigenvalue weighted by atomic mass is 35.5. The zero-order valence-corrected chi connectivity index (χ0v) is 18.8. The molecule has 1 amide bonds. The van der Waals surface area contributed by atoms with Crippen LogP contribution in [0, 0.1) is 11.3 Å². The van der Waals surface area contributed by atoms with Gasteiger partial charge in [-0.05, 0) is 43.4 Å². The summed E-state index contributed by atoms with van der Waals surface area (Å²) >= 11 is 6.28. The molecule has 1 N–H and O–H groups in total. The summed E-state index contributed by atoms with van der Waals surface area (Å²) in [5.41, 5.74) is 0.593. The van der Waals surface area contributed by atoms with Gasteiger partial charge in [0, 0.05) is 18.2 Å². The zero-order chi connectivity index (χ0) is 23.8. The number of halogens is 1. The molecule has 1 aliphatic rings. The average Bonchev–Trinajstić information content (AvgIpc) is 3.41. The lowest BCUT2D eigenvalue weighted by molar-refractivity contribution is -0.140. The summed E-state index contributed by atoms with van der Waals surface area (Å²) in [7, 11) is 1.30. The van der Waals surface area contributed by atoms with Gasteiger partial charge in [0.15, 0.2) is 6.73 Å². The van der Waals surface area contributed by atoms with E-state index in [1.54, 1.807) is 30.6 Å². The van der Waals surface area contributed by atoms with Crippen LogP contribution >= 0.6 is 11.6 Å². The first-order chi connectivity index (χ1) is 15.9. The van der Waals surface area contributed by atoms with E-state index in [-0.39, 0.29) is 29.6 Å². The lowest BCUT2D eigenvalue weighted by Crippen LogP contribution is -2.43. The monoisotopic (exact) mass is 474 g/mol. The first-order valence-corrected chi connectivity index (χ1v) is 10.7. The molecular formula is C22H23ClN4O6. The maximum Gasteiger partial charge on any atom is 0.510 e. The highest BCUT2D eigenvalue weighted by molar-refractivity contribution is 6.34. The lowest BCUT2D eigenvalue weighted by Gasteiger charge is -2.27. The van der Waals surface area contributed by atoms with Crippen LogP contribution in [-0.4, -0.2) is 59.1 Å². The Hall–Kier alpha value is -3.58. The molecule has 3 rings (SSSR count). The molecule has 1 aromatic carbocycles. The second kappa shape index (κ2) is 10.8. The van der Waals surface area contributed by atoms with Crippen LogP contribution in [0.1, 0.15) is 42.5 Å². The van der Waals surface area contributed by atoms with E-state index in [0.29, 0.717) is 31.2 Å². The Bertz CT molecular complexity index is 1050. The molecule has 0 atom stereocenters. The number of carbonyl (C=O) groups is 3. The van der Waals surface area contributed by atoms with Crippen molar-refractivity contribution in [3.63, 3.8) is 0 Å². The summed E-state index contributed by atoms with van der Waals surface area (Å²) in [6, 6.07) is 7.08. The third kappa shape index (κ3) is 6.02. The van der Waals surface area contributed by atoms with Crippen LogP contribution in [0.15, 0.2) is 30.6 Å². The molecule has 0 bridgehead atoms. The van der Waals surface area contributed by atoms with Crippen molar-refractivity contribution in [3.05, 3.63) is 41.2 Å². The van der Waals surface area contributed by atoms with Crippen LogP contribution in [0.3, 0.4) is 0 Å². The van der Waals surface area contributed by atoms with Crippen molar-refractivity contribution in [2.24, 2.45) is 0 Å². The van der Waals surface area contributed by atoms with Gasteiger partial charge >= 0.3 is 12.1 Å². The Kier molecular flexibility index (Phi) is 7.90. The van der Waals surface area contributed by atoms with Gasteiger partial charge in [0.1, 0.15) is 5.54 Å². The Morgan fingerprint density at radius 2 is 2.03 bits per heavy atom. The van der Waals surface area contributed by atoms with E-state index in [0.717, 1.165) is 5.56 Å². The van der Waals surface area contributed by atoms with Gasteiger partial charge in [0.2, 0.25) is 0 Å². The third-order valence-electron chi connectivity index (χ3n) is 5.26. The minimum atomic E-state index is -1.06. The number of hydrogen-bond donors (Lipinski definition) is 1. The van der Waals surface area contributed by atoms with Crippen molar-refractivity contribution in [1.82, 2.24) is 15.1 Å². The molecule has 0 spiro atoms. The Labute approximate surface area is 195 Å². The largest absolute Gasteiger partial charge is 0.510 e. The predicted octanol–water partition coefficient (Wildman–Crippen LogP) is 3.68. The molecule has 2 aromatic rings. The Morgan fingerprint density at radius 3 is 2.67 bits per heavy atom. The highest BCUT2D eigenvalue weighted by Gasteiger charge is 2.52. The van der Waals surface area contributed by atoms with E-state index in [2.05, 4.69) is 21.0 Å². The number of hydrogen-bond acceptors (Lipinski definition) is 8. The van der Waals surface area contributed by atoms with Crippen molar-refractivity contribution in [2.45, 2.75) is 37.6 Å². The predicted molar refractivity (Wildman–Crippen MR) is 116 cm³/mol. The van der Waals surface area contributed by atoms with E-state index < -0.39 is 24.3 Å². The van der Waals surface area contributed by atoms with Crippen LogP contribution in [0.25, 0.3) is 11.1 Å². The molecule has 0 unspecified atom stereocenters. The summed E-state index contributed by atoms with van der Waals surface area (Å²) in [6.45, 7) is -0.411.